The summed E-state index contributed by atoms with van der Waals surface area (Å²) in [5, 5.41) is 7.07. The van der Waals surface area contributed by atoms with Crippen molar-refractivity contribution in [2.45, 2.75) is 31.2 Å². The molecule has 1 aliphatic rings. The summed E-state index contributed by atoms with van der Waals surface area (Å²) in [5.41, 5.74) is 2.62. The summed E-state index contributed by atoms with van der Waals surface area (Å²) in [4.78, 5) is 0. The van der Waals surface area contributed by atoms with Crippen LogP contribution in [0.3, 0.4) is 0 Å². The molecular formula is C15H18N2O2S2. The van der Waals surface area contributed by atoms with E-state index in [-0.39, 0.29) is 5.75 Å². The minimum Gasteiger partial charge on any atom is -0.310 e. The molecule has 0 radical (unpaired) electrons. The number of sulfonamides is 1. The van der Waals surface area contributed by atoms with Crippen molar-refractivity contribution >= 4 is 27.0 Å². The standard InChI is InChI=1S/C15H18N2O2S2/c18-21(19,17-15-7-8-20-10-15)11-13-3-1-12(2-4-13)9-16-14-5-6-14/h1-4,7-8,10,14,16-17H,5-6,9,11H2. The molecule has 0 bridgehead atoms. The molecule has 2 N–H and O–H groups in total. The number of thiophene rings is 1. The predicted octanol–water partition coefficient (Wildman–Crippen LogP) is 2.94. The second kappa shape index (κ2) is 6.17. The van der Waals surface area contributed by atoms with Crippen LogP contribution in [0.5, 0.6) is 0 Å². The highest BCUT2D eigenvalue weighted by atomic mass is 32.2. The van der Waals surface area contributed by atoms with Crippen LogP contribution < -0.4 is 10.0 Å². The molecular weight excluding hydrogens is 304 g/mol. The highest BCUT2D eigenvalue weighted by Crippen LogP contribution is 2.20. The molecule has 1 aromatic carbocycles. The van der Waals surface area contributed by atoms with E-state index in [1.807, 2.05) is 29.6 Å². The van der Waals surface area contributed by atoms with E-state index in [2.05, 4.69) is 10.0 Å². The first kappa shape index (κ1) is 14.6. The molecule has 0 saturated heterocycles. The lowest BCUT2D eigenvalue weighted by atomic mass is 10.1. The first-order valence-electron chi connectivity index (χ1n) is 6.95. The highest BCUT2D eigenvalue weighted by molar-refractivity contribution is 7.91. The molecule has 0 unspecified atom stereocenters. The summed E-state index contributed by atoms with van der Waals surface area (Å²) < 4.78 is 26.7. The fraction of sp³-hybridized carbons (Fsp3) is 0.333. The summed E-state index contributed by atoms with van der Waals surface area (Å²) in [6, 6.07) is 10.2. The zero-order chi connectivity index (χ0) is 14.7. The third-order valence-electron chi connectivity index (χ3n) is 3.35. The van der Waals surface area contributed by atoms with Gasteiger partial charge in [-0.1, -0.05) is 24.3 Å². The summed E-state index contributed by atoms with van der Waals surface area (Å²) in [6.45, 7) is 0.852. The van der Waals surface area contributed by atoms with Crippen molar-refractivity contribution in [2.24, 2.45) is 0 Å². The molecule has 0 aliphatic heterocycles. The smallest absolute Gasteiger partial charge is 0.236 e. The minimum absolute atomic E-state index is 0.000813. The van der Waals surface area contributed by atoms with Crippen molar-refractivity contribution in [3.05, 3.63) is 52.2 Å². The molecule has 1 saturated carbocycles. The van der Waals surface area contributed by atoms with Crippen molar-refractivity contribution in [3.8, 4) is 0 Å². The lowest BCUT2D eigenvalue weighted by Gasteiger charge is -2.08. The Labute approximate surface area is 129 Å². The molecule has 1 heterocycles. The molecule has 0 amide bonds. The Morgan fingerprint density at radius 2 is 1.81 bits per heavy atom. The summed E-state index contributed by atoms with van der Waals surface area (Å²) in [7, 11) is -3.35. The number of hydrogen-bond donors (Lipinski definition) is 2. The van der Waals surface area contributed by atoms with Crippen molar-refractivity contribution < 1.29 is 8.42 Å². The van der Waals surface area contributed by atoms with Crippen LogP contribution in [-0.4, -0.2) is 14.5 Å². The molecule has 0 spiro atoms. The molecule has 2 aromatic rings. The molecule has 1 aromatic heterocycles. The van der Waals surface area contributed by atoms with Crippen LogP contribution in [-0.2, 0) is 22.3 Å². The largest absolute Gasteiger partial charge is 0.310 e. The second-order valence-electron chi connectivity index (χ2n) is 5.34. The van der Waals surface area contributed by atoms with Gasteiger partial charge in [-0.3, -0.25) is 4.72 Å². The third kappa shape index (κ3) is 4.56. The monoisotopic (exact) mass is 322 g/mol. The van der Waals surface area contributed by atoms with Crippen LogP contribution >= 0.6 is 11.3 Å². The third-order valence-corrected chi connectivity index (χ3v) is 5.29. The lowest BCUT2D eigenvalue weighted by Crippen LogP contribution is -2.16. The summed E-state index contributed by atoms with van der Waals surface area (Å²) in [5.74, 6) is -0.000813. The first-order chi connectivity index (χ1) is 10.1. The molecule has 1 aliphatic carbocycles. The van der Waals surface area contributed by atoms with E-state index in [0.29, 0.717) is 11.7 Å². The minimum atomic E-state index is -3.35. The Balaban J connectivity index is 1.58. The van der Waals surface area contributed by atoms with Gasteiger partial charge in [-0.25, -0.2) is 8.42 Å². The fourth-order valence-corrected chi connectivity index (χ4v) is 3.91. The lowest BCUT2D eigenvalue weighted by molar-refractivity contribution is 0.600. The number of rotatable bonds is 7. The Kier molecular flexibility index (Phi) is 4.28. The first-order valence-corrected chi connectivity index (χ1v) is 9.54. The van der Waals surface area contributed by atoms with E-state index < -0.39 is 10.0 Å². The molecule has 6 heteroatoms. The van der Waals surface area contributed by atoms with Gasteiger partial charge in [0.1, 0.15) is 0 Å². The Hall–Kier alpha value is -1.37. The Morgan fingerprint density at radius 1 is 1.10 bits per heavy atom. The quantitative estimate of drug-likeness (QED) is 0.824. The van der Waals surface area contributed by atoms with Crippen LogP contribution in [0.2, 0.25) is 0 Å². The van der Waals surface area contributed by atoms with Gasteiger partial charge in [0.05, 0.1) is 11.4 Å². The van der Waals surface area contributed by atoms with E-state index in [4.69, 9.17) is 0 Å². The van der Waals surface area contributed by atoms with E-state index in [9.17, 15) is 8.42 Å². The van der Waals surface area contributed by atoms with Gasteiger partial charge in [0.25, 0.3) is 0 Å². The topological polar surface area (TPSA) is 58.2 Å². The summed E-state index contributed by atoms with van der Waals surface area (Å²) >= 11 is 1.47. The maximum Gasteiger partial charge on any atom is 0.236 e. The van der Waals surface area contributed by atoms with Crippen LogP contribution in [0.25, 0.3) is 0 Å². The Bertz CT molecular complexity index is 675. The second-order valence-corrected chi connectivity index (χ2v) is 7.85. The van der Waals surface area contributed by atoms with E-state index in [0.717, 1.165) is 12.1 Å². The normalized spacial score (nSPS) is 15.0. The molecule has 112 valence electrons. The van der Waals surface area contributed by atoms with Crippen LogP contribution in [0.4, 0.5) is 5.69 Å². The number of benzene rings is 1. The maximum atomic E-state index is 12.1. The van der Waals surface area contributed by atoms with Gasteiger partial charge in [0.2, 0.25) is 10.0 Å². The van der Waals surface area contributed by atoms with E-state index >= 15 is 0 Å². The van der Waals surface area contributed by atoms with Gasteiger partial charge in [-0.15, -0.1) is 0 Å². The summed E-state index contributed by atoms with van der Waals surface area (Å²) in [6.07, 6.45) is 2.54. The van der Waals surface area contributed by atoms with Crippen LogP contribution in [0.1, 0.15) is 24.0 Å². The Morgan fingerprint density at radius 3 is 2.43 bits per heavy atom. The number of hydrogen-bond acceptors (Lipinski definition) is 4. The average Bonchev–Trinajstić information content (AvgIpc) is 3.14. The molecule has 1 fully saturated rings. The molecule has 3 rings (SSSR count). The van der Waals surface area contributed by atoms with Crippen LogP contribution in [0.15, 0.2) is 41.1 Å². The van der Waals surface area contributed by atoms with Gasteiger partial charge in [-0.2, -0.15) is 11.3 Å². The fourth-order valence-electron chi connectivity index (χ4n) is 2.06. The van der Waals surface area contributed by atoms with E-state index in [1.54, 1.807) is 11.4 Å². The van der Waals surface area contributed by atoms with Gasteiger partial charge < -0.3 is 5.32 Å². The zero-order valence-electron chi connectivity index (χ0n) is 11.6. The highest BCUT2D eigenvalue weighted by Gasteiger charge is 2.19. The van der Waals surface area contributed by atoms with Gasteiger partial charge in [0.15, 0.2) is 0 Å². The zero-order valence-corrected chi connectivity index (χ0v) is 13.2. The maximum absolute atomic E-state index is 12.1. The molecule has 0 atom stereocenters. The van der Waals surface area contributed by atoms with Gasteiger partial charge in [-0.05, 0) is 35.4 Å². The number of nitrogens with one attached hydrogen (secondary N) is 2. The van der Waals surface area contributed by atoms with Crippen molar-refractivity contribution in [3.63, 3.8) is 0 Å². The average molecular weight is 322 g/mol. The number of anilines is 1. The van der Waals surface area contributed by atoms with Crippen molar-refractivity contribution in [1.82, 2.24) is 5.32 Å². The molecule has 21 heavy (non-hydrogen) atoms. The SMILES string of the molecule is O=S(=O)(Cc1ccc(CNC2CC2)cc1)Nc1ccsc1. The van der Waals surface area contributed by atoms with Crippen molar-refractivity contribution in [2.75, 3.05) is 4.72 Å². The predicted molar refractivity (Wildman–Crippen MR) is 86.9 cm³/mol. The van der Waals surface area contributed by atoms with Gasteiger partial charge >= 0.3 is 0 Å². The van der Waals surface area contributed by atoms with Crippen LogP contribution in [0, 0.1) is 0 Å². The van der Waals surface area contributed by atoms with Gasteiger partial charge in [0, 0.05) is 18.0 Å². The van der Waals surface area contributed by atoms with E-state index in [1.165, 1.54) is 29.7 Å². The molecule has 4 nitrogen and oxygen atoms in total. The van der Waals surface area contributed by atoms with Crippen molar-refractivity contribution in [1.29, 1.82) is 0 Å².